The SMILES string of the molecule is CC(NS(=O)(=O)c1cc(C(=O)O)ccc1Br)C1CCC1. The van der Waals surface area contributed by atoms with Crippen molar-refractivity contribution in [2.45, 2.75) is 37.1 Å². The van der Waals surface area contributed by atoms with Gasteiger partial charge in [0.15, 0.2) is 0 Å². The molecule has 1 aromatic rings. The highest BCUT2D eigenvalue weighted by Crippen LogP contribution is 2.31. The molecule has 1 fully saturated rings. The monoisotopic (exact) mass is 361 g/mol. The smallest absolute Gasteiger partial charge is 0.335 e. The molecule has 0 radical (unpaired) electrons. The zero-order valence-electron chi connectivity index (χ0n) is 11.0. The third-order valence-corrected chi connectivity index (χ3v) is 6.22. The molecule has 2 N–H and O–H groups in total. The lowest BCUT2D eigenvalue weighted by atomic mass is 9.81. The number of carboxylic acids is 1. The van der Waals surface area contributed by atoms with E-state index in [0.29, 0.717) is 10.4 Å². The first-order valence-electron chi connectivity index (χ1n) is 6.36. The standard InChI is InChI=1S/C13H16BrNO4S/c1-8(9-3-2-4-9)15-20(18,19)12-7-10(13(16)17)5-6-11(12)14/h5-9,15H,2-4H2,1H3,(H,16,17). The van der Waals surface area contributed by atoms with Gasteiger partial charge in [0, 0.05) is 10.5 Å². The minimum Gasteiger partial charge on any atom is -0.478 e. The Bertz CT molecular complexity index is 625. The van der Waals surface area contributed by atoms with Crippen molar-refractivity contribution in [2.24, 2.45) is 5.92 Å². The van der Waals surface area contributed by atoms with Crippen LogP contribution in [-0.4, -0.2) is 25.5 Å². The molecule has 1 aliphatic rings. The zero-order valence-corrected chi connectivity index (χ0v) is 13.4. The zero-order chi connectivity index (χ0) is 14.9. The molecule has 0 bridgehead atoms. The summed E-state index contributed by atoms with van der Waals surface area (Å²) >= 11 is 3.16. The molecule has 0 spiro atoms. The number of aromatic carboxylic acids is 1. The van der Waals surface area contributed by atoms with Crippen molar-refractivity contribution in [3.63, 3.8) is 0 Å². The first-order chi connectivity index (χ1) is 9.31. The maximum Gasteiger partial charge on any atom is 0.335 e. The number of sulfonamides is 1. The Morgan fingerprint density at radius 1 is 1.45 bits per heavy atom. The van der Waals surface area contributed by atoms with E-state index in [-0.39, 0.29) is 16.5 Å². The van der Waals surface area contributed by atoms with Crippen LogP contribution < -0.4 is 4.72 Å². The van der Waals surface area contributed by atoms with Crippen LogP contribution in [0.1, 0.15) is 36.5 Å². The molecule has 1 atom stereocenters. The number of hydrogen-bond acceptors (Lipinski definition) is 3. The third kappa shape index (κ3) is 3.21. The second kappa shape index (κ2) is 5.83. The van der Waals surface area contributed by atoms with E-state index < -0.39 is 16.0 Å². The molecule has 1 aromatic carbocycles. The van der Waals surface area contributed by atoms with Gasteiger partial charge in [0.25, 0.3) is 0 Å². The van der Waals surface area contributed by atoms with Gasteiger partial charge in [0.2, 0.25) is 10.0 Å². The predicted molar refractivity (Wildman–Crippen MR) is 78.2 cm³/mol. The number of hydrogen-bond donors (Lipinski definition) is 2. The van der Waals surface area contributed by atoms with Crippen LogP contribution in [-0.2, 0) is 10.0 Å². The molecule has 1 aliphatic carbocycles. The number of benzene rings is 1. The summed E-state index contributed by atoms with van der Waals surface area (Å²) in [5.41, 5.74) is -0.0510. The van der Waals surface area contributed by atoms with E-state index in [9.17, 15) is 13.2 Å². The van der Waals surface area contributed by atoms with Gasteiger partial charge in [-0.3, -0.25) is 0 Å². The van der Waals surface area contributed by atoms with E-state index in [1.807, 2.05) is 6.92 Å². The van der Waals surface area contributed by atoms with E-state index in [4.69, 9.17) is 5.11 Å². The fourth-order valence-electron chi connectivity index (χ4n) is 2.19. The molecule has 0 saturated heterocycles. The Kier molecular flexibility index (Phi) is 4.51. The van der Waals surface area contributed by atoms with E-state index >= 15 is 0 Å². The van der Waals surface area contributed by atoms with E-state index in [2.05, 4.69) is 20.7 Å². The van der Waals surface area contributed by atoms with Crippen LogP contribution in [0.3, 0.4) is 0 Å². The van der Waals surface area contributed by atoms with Gasteiger partial charge >= 0.3 is 5.97 Å². The van der Waals surface area contributed by atoms with Crippen molar-refractivity contribution in [1.29, 1.82) is 0 Å². The summed E-state index contributed by atoms with van der Waals surface area (Å²) in [7, 11) is -3.73. The first kappa shape index (κ1) is 15.5. The topological polar surface area (TPSA) is 83.5 Å². The normalized spacial score (nSPS) is 17.5. The number of carbonyl (C=O) groups is 1. The summed E-state index contributed by atoms with van der Waals surface area (Å²) in [6, 6.07) is 3.82. The molecule has 1 unspecified atom stereocenters. The molecular formula is C13H16BrNO4S. The van der Waals surface area contributed by atoms with Crippen molar-refractivity contribution in [3.8, 4) is 0 Å². The highest BCUT2D eigenvalue weighted by atomic mass is 79.9. The molecule has 0 aliphatic heterocycles. The summed E-state index contributed by atoms with van der Waals surface area (Å²) in [5.74, 6) is -0.785. The van der Waals surface area contributed by atoms with Gasteiger partial charge < -0.3 is 5.11 Å². The third-order valence-electron chi connectivity index (χ3n) is 3.67. The average molecular weight is 362 g/mol. The number of halogens is 1. The van der Waals surface area contributed by atoms with Crippen LogP contribution in [0.2, 0.25) is 0 Å². The molecule has 1 saturated carbocycles. The highest BCUT2D eigenvalue weighted by molar-refractivity contribution is 9.10. The van der Waals surface area contributed by atoms with Crippen molar-refractivity contribution in [2.75, 3.05) is 0 Å². The van der Waals surface area contributed by atoms with Gasteiger partial charge in [-0.2, -0.15) is 0 Å². The Morgan fingerprint density at radius 3 is 2.60 bits per heavy atom. The van der Waals surface area contributed by atoms with Crippen molar-refractivity contribution in [1.82, 2.24) is 4.72 Å². The second-order valence-corrected chi connectivity index (χ2v) is 7.59. The Balaban J connectivity index is 2.28. The maximum atomic E-state index is 12.3. The molecule has 0 aromatic heterocycles. The van der Waals surface area contributed by atoms with Gasteiger partial charge in [-0.1, -0.05) is 6.42 Å². The molecule has 0 heterocycles. The minimum atomic E-state index is -3.73. The van der Waals surface area contributed by atoms with Gasteiger partial charge in [0.05, 0.1) is 10.5 Å². The Morgan fingerprint density at radius 2 is 2.10 bits per heavy atom. The lowest BCUT2D eigenvalue weighted by Gasteiger charge is -2.31. The van der Waals surface area contributed by atoms with E-state index in [1.165, 1.54) is 18.2 Å². The van der Waals surface area contributed by atoms with E-state index in [0.717, 1.165) is 19.3 Å². The summed E-state index contributed by atoms with van der Waals surface area (Å²) in [5, 5.41) is 8.95. The number of carboxylic acid groups (broad SMARTS) is 1. The Labute approximate surface area is 126 Å². The second-order valence-electron chi connectivity index (χ2n) is 5.05. The van der Waals surface area contributed by atoms with E-state index in [1.54, 1.807) is 0 Å². The summed E-state index contributed by atoms with van der Waals surface area (Å²) < 4.78 is 27.7. The van der Waals surface area contributed by atoms with Gasteiger partial charge in [-0.25, -0.2) is 17.9 Å². The lowest BCUT2D eigenvalue weighted by molar-refractivity contribution is 0.0696. The average Bonchev–Trinajstić information content (AvgIpc) is 2.25. The van der Waals surface area contributed by atoms with Crippen LogP contribution in [0.25, 0.3) is 0 Å². The quantitative estimate of drug-likeness (QED) is 0.844. The Hall–Kier alpha value is -0.920. The fraction of sp³-hybridized carbons (Fsp3) is 0.462. The maximum absolute atomic E-state index is 12.3. The van der Waals surface area contributed by atoms with Crippen molar-refractivity contribution in [3.05, 3.63) is 28.2 Å². The fourth-order valence-corrected chi connectivity index (χ4v) is 4.49. The summed E-state index contributed by atoms with van der Waals surface area (Å²) in [6.45, 7) is 1.84. The van der Waals surface area contributed by atoms with Crippen LogP contribution in [0.4, 0.5) is 0 Å². The van der Waals surface area contributed by atoms with Crippen LogP contribution in [0, 0.1) is 5.92 Å². The minimum absolute atomic E-state index is 0.0384. The molecule has 5 nitrogen and oxygen atoms in total. The van der Waals surface area contributed by atoms with Crippen LogP contribution in [0.5, 0.6) is 0 Å². The van der Waals surface area contributed by atoms with Crippen LogP contribution >= 0.6 is 15.9 Å². The molecule has 7 heteroatoms. The van der Waals surface area contributed by atoms with Crippen molar-refractivity contribution < 1.29 is 18.3 Å². The van der Waals surface area contributed by atoms with Crippen molar-refractivity contribution >= 4 is 31.9 Å². The molecule has 110 valence electrons. The summed E-state index contributed by atoms with van der Waals surface area (Å²) in [4.78, 5) is 10.9. The first-order valence-corrected chi connectivity index (χ1v) is 8.64. The number of rotatable bonds is 5. The lowest BCUT2D eigenvalue weighted by Crippen LogP contribution is -2.40. The highest BCUT2D eigenvalue weighted by Gasteiger charge is 2.29. The molecular weight excluding hydrogens is 346 g/mol. The molecule has 2 rings (SSSR count). The summed E-state index contributed by atoms with van der Waals surface area (Å²) in [6.07, 6.45) is 3.19. The predicted octanol–water partition coefficient (Wildman–Crippen LogP) is 2.61. The van der Waals surface area contributed by atoms with Crippen LogP contribution in [0.15, 0.2) is 27.6 Å². The van der Waals surface area contributed by atoms with Gasteiger partial charge in [-0.15, -0.1) is 0 Å². The molecule has 20 heavy (non-hydrogen) atoms. The number of nitrogens with one attached hydrogen (secondary N) is 1. The molecule has 0 amide bonds. The van der Waals surface area contributed by atoms with Gasteiger partial charge in [-0.05, 0) is 59.8 Å². The van der Waals surface area contributed by atoms with Gasteiger partial charge in [0.1, 0.15) is 0 Å². The largest absolute Gasteiger partial charge is 0.478 e.